The van der Waals surface area contributed by atoms with Crippen LogP contribution in [0.15, 0.2) is 30.3 Å². The Morgan fingerprint density at radius 1 is 1.07 bits per heavy atom. The Morgan fingerprint density at radius 2 is 1.75 bits per heavy atom. The Hall–Kier alpha value is -2.59. The van der Waals surface area contributed by atoms with E-state index < -0.39 is 29.9 Å². The maximum atomic E-state index is 12.7. The number of carbonyl (C=O) groups excluding carboxylic acids is 3. The van der Waals surface area contributed by atoms with Crippen LogP contribution in [0.3, 0.4) is 0 Å². The summed E-state index contributed by atoms with van der Waals surface area (Å²) in [5, 5.41) is 16.7. The fraction of sp³-hybridized carbons (Fsp3) is 0.444. The van der Waals surface area contributed by atoms with Gasteiger partial charge in [-0.25, -0.2) is 4.79 Å². The number of carboxylic acids is 1. The SMILES string of the molecule is CSCCC(NC(=O)C(Cc1ccccc1)NC(=O)CNC(=O)C[NH3+])C(=O)O. The fourth-order valence-corrected chi connectivity index (χ4v) is 2.81. The van der Waals surface area contributed by atoms with Gasteiger partial charge in [0, 0.05) is 6.42 Å². The number of carboxylic acid groups (broad SMARTS) is 1. The van der Waals surface area contributed by atoms with E-state index in [2.05, 4.69) is 21.7 Å². The van der Waals surface area contributed by atoms with Crippen molar-refractivity contribution in [3.63, 3.8) is 0 Å². The fourth-order valence-electron chi connectivity index (χ4n) is 2.34. The van der Waals surface area contributed by atoms with Gasteiger partial charge in [-0.05, 0) is 24.0 Å². The molecule has 10 heteroatoms. The van der Waals surface area contributed by atoms with Crippen LogP contribution in [0.4, 0.5) is 0 Å². The van der Waals surface area contributed by atoms with E-state index >= 15 is 0 Å². The summed E-state index contributed by atoms with van der Waals surface area (Å²) in [5.41, 5.74) is 4.22. The summed E-state index contributed by atoms with van der Waals surface area (Å²) in [4.78, 5) is 47.4. The van der Waals surface area contributed by atoms with Crippen molar-refractivity contribution >= 4 is 35.5 Å². The van der Waals surface area contributed by atoms with E-state index in [4.69, 9.17) is 0 Å². The van der Waals surface area contributed by atoms with Crippen LogP contribution in [-0.4, -0.2) is 66.0 Å². The van der Waals surface area contributed by atoms with Gasteiger partial charge >= 0.3 is 5.97 Å². The molecule has 7 N–H and O–H groups in total. The second kappa shape index (κ2) is 12.7. The lowest BCUT2D eigenvalue weighted by Gasteiger charge is -2.21. The van der Waals surface area contributed by atoms with Crippen LogP contribution in [0.25, 0.3) is 0 Å². The zero-order valence-corrected chi connectivity index (χ0v) is 16.6. The third-order valence-electron chi connectivity index (χ3n) is 3.83. The Bertz CT molecular complexity index is 671. The molecule has 0 saturated heterocycles. The van der Waals surface area contributed by atoms with Gasteiger partial charge < -0.3 is 26.8 Å². The molecular weight excluding hydrogens is 384 g/mol. The van der Waals surface area contributed by atoms with E-state index in [-0.39, 0.29) is 31.8 Å². The average Bonchev–Trinajstić information content (AvgIpc) is 2.69. The molecular formula is C18H27N4O5S+. The molecule has 0 fully saturated rings. The Kier molecular flexibility index (Phi) is 10.7. The summed E-state index contributed by atoms with van der Waals surface area (Å²) in [6, 6.07) is 7.04. The first kappa shape index (κ1) is 23.4. The lowest BCUT2D eigenvalue weighted by molar-refractivity contribution is -0.355. The third kappa shape index (κ3) is 8.87. The van der Waals surface area contributed by atoms with Gasteiger partial charge in [-0.3, -0.25) is 14.4 Å². The quantitative estimate of drug-likeness (QED) is 0.279. The highest BCUT2D eigenvalue weighted by molar-refractivity contribution is 7.98. The molecule has 0 aromatic heterocycles. The van der Waals surface area contributed by atoms with E-state index in [0.29, 0.717) is 5.75 Å². The van der Waals surface area contributed by atoms with Crippen LogP contribution >= 0.6 is 11.8 Å². The highest BCUT2D eigenvalue weighted by atomic mass is 32.2. The first-order valence-electron chi connectivity index (χ1n) is 8.78. The molecule has 0 radical (unpaired) electrons. The molecule has 0 aliphatic rings. The van der Waals surface area contributed by atoms with Gasteiger partial charge in [-0.15, -0.1) is 0 Å². The van der Waals surface area contributed by atoms with Crippen molar-refractivity contribution in [2.75, 3.05) is 25.1 Å². The highest BCUT2D eigenvalue weighted by Gasteiger charge is 2.26. The van der Waals surface area contributed by atoms with Crippen molar-refractivity contribution in [3.05, 3.63) is 35.9 Å². The van der Waals surface area contributed by atoms with Crippen molar-refractivity contribution in [1.82, 2.24) is 16.0 Å². The molecule has 0 bridgehead atoms. The summed E-state index contributed by atoms with van der Waals surface area (Å²) < 4.78 is 0. The average molecular weight is 412 g/mol. The molecule has 3 amide bonds. The van der Waals surface area contributed by atoms with Crippen LogP contribution in [0, 0.1) is 0 Å². The Balaban J connectivity index is 2.83. The number of aliphatic carboxylic acids is 1. The van der Waals surface area contributed by atoms with Crippen LogP contribution < -0.4 is 21.7 Å². The van der Waals surface area contributed by atoms with Crippen molar-refractivity contribution in [1.29, 1.82) is 0 Å². The zero-order chi connectivity index (χ0) is 20.9. The maximum absolute atomic E-state index is 12.7. The number of rotatable bonds is 12. The summed E-state index contributed by atoms with van der Waals surface area (Å²) in [6.45, 7) is -0.293. The predicted octanol–water partition coefficient (Wildman–Crippen LogP) is -1.61. The van der Waals surface area contributed by atoms with Gasteiger partial charge in [0.2, 0.25) is 11.8 Å². The molecule has 2 atom stereocenters. The Morgan fingerprint density at radius 3 is 2.32 bits per heavy atom. The minimum absolute atomic E-state index is 0.00303. The number of benzene rings is 1. The molecule has 0 aliphatic carbocycles. The number of amides is 3. The summed E-state index contributed by atoms with van der Waals surface area (Å²) in [7, 11) is 0. The first-order valence-corrected chi connectivity index (χ1v) is 10.2. The molecule has 154 valence electrons. The number of nitrogens with one attached hydrogen (secondary N) is 3. The van der Waals surface area contributed by atoms with Crippen molar-refractivity contribution in [3.8, 4) is 0 Å². The van der Waals surface area contributed by atoms with Gasteiger partial charge in [0.25, 0.3) is 5.91 Å². The normalized spacial score (nSPS) is 12.5. The number of hydrogen-bond acceptors (Lipinski definition) is 5. The maximum Gasteiger partial charge on any atom is 0.326 e. The van der Waals surface area contributed by atoms with Crippen LogP contribution in [0.2, 0.25) is 0 Å². The highest BCUT2D eigenvalue weighted by Crippen LogP contribution is 2.06. The van der Waals surface area contributed by atoms with Gasteiger partial charge in [-0.2, -0.15) is 11.8 Å². The Labute approximate surface area is 167 Å². The molecule has 1 aromatic carbocycles. The second-order valence-corrected chi connectivity index (χ2v) is 7.00. The topological polar surface area (TPSA) is 152 Å². The predicted molar refractivity (Wildman–Crippen MR) is 105 cm³/mol. The standard InChI is InChI=1S/C18H26N4O5S/c1-28-8-7-13(18(26)27)22-17(25)14(9-12-5-3-2-4-6-12)21-16(24)11-20-15(23)10-19/h2-6,13-14H,7-11,19H2,1H3,(H,20,23)(H,21,24)(H,22,25)(H,26,27)/p+1. The molecule has 0 saturated carbocycles. The van der Waals surface area contributed by atoms with Crippen LogP contribution in [0.5, 0.6) is 0 Å². The number of carbonyl (C=O) groups is 4. The molecule has 2 unspecified atom stereocenters. The minimum Gasteiger partial charge on any atom is -0.480 e. The molecule has 28 heavy (non-hydrogen) atoms. The molecule has 1 aromatic rings. The van der Waals surface area contributed by atoms with Gasteiger partial charge in [0.15, 0.2) is 6.54 Å². The van der Waals surface area contributed by atoms with E-state index in [1.807, 2.05) is 12.3 Å². The zero-order valence-electron chi connectivity index (χ0n) is 15.8. The molecule has 0 aliphatic heterocycles. The summed E-state index contributed by atoms with van der Waals surface area (Å²) in [5.74, 6) is -2.08. The smallest absolute Gasteiger partial charge is 0.326 e. The van der Waals surface area contributed by atoms with Crippen molar-refractivity contribution < 1.29 is 30.0 Å². The molecule has 0 spiro atoms. The molecule has 9 nitrogen and oxygen atoms in total. The third-order valence-corrected chi connectivity index (χ3v) is 4.48. The number of thioether (sulfide) groups is 1. The first-order chi connectivity index (χ1) is 13.4. The van der Waals surface area contributed by atoms with E-state index in [0.717, 1.165) is 5.56 Å². The number of hydrogen-bond donors (Lipinski definition) is 5. The van der Waals surface area contributed by atoms with E-state index in [1.165, 1.54) is 11.8 Å². The minimum atomic E-state index is -1.13. The lowest BCUT2D eigenvalue weighted by Crippen LogP contribution is -2.58. The van der Waals surface area contributed by atoms with Gasteiger partial charge in [0.05, 0.1) is 6.54 Å². The summed E-state index contributed by atoms with van der Waals surface area (Å²) in [6.07, 6.45) is 2.31. The largest absolute Gasteiger partial charge is 0.480 e. The molecule has 0 heterocycles. The van der Waals surface area contributed by atoms with Crippen LogP contribution in [-0.2, 0) is 25.6 Å². The number of quaternary nitrogens is 1. The van der Waals surface area contributed by atoms with Crippen LogP contribution in [0.1, 0.15) is 12.0 Å². The lowest BCUT2D eigenvalue weighted by atomic mass is 10.0. The van der Waals surface area contributed by atoms with Crippen molar-refractivity contribution in [2.24, 2.45) is 0 Å². The summed E-state index contributed by atoms with van der Waals surface area (Å²) >= 11 is 1.48. The van der Waals surface area contributed by atoms with Crippen molar-refractivity contribution in [2.45, 2.75) is 24.9 Å². The van der Waals surface area contributed by atoms with Gasteiger partial charge in [0.1, 0.15) is 12.1 Å². The monoisotopic (exact) mass is 411 g/mol. The van der Waals surface area contributed by atoms with Gasteiger partial charge in [-0.1, -0.05) is 30.3 Å². The van der Waals surface area contributed by atoms with E-state index in [9.17, 15) is 24.3 Å². The van der Waals surface area contributed by atoms with E-state index in [1.54, 1.807) is 24.3 Å². The second-order valence-electron chi connectivity index (χ2n) is 6.02. The molecule has 1 rings (SSSR count).